The lowest BCUT2D eigenvalue weighted by Crippen LogP contribution is -2.46. The fraction of sp³-hybridized carbons (Fsp3) is 0.929. The zero-order valence-corrected chi connectivity index (χ0v) is 15.0. The van der Waals surface area contributed by atoms with Gasteiger partial charge in [0.15, 0.2) is 5.96 Å². The Hall–Kier alpha value is -0.860. The standard InChI is InChI=1S/C14H30N4O3S/c1-5-22(19,20)18(4)10-7-9-16-13(15-3)17-12-14(2)8-6-11-21-14/h5-12H2,1-4H3,(H2,15,16,17). The minimum Gasteiger partial charge on any atom is -0.373 e. The molecule has 1 aliphatic rings. The molecule has 1 unspecified atom stereocenters. The highest BCUT2D eigenvalue weighted by Crippen LogP contribution is 2.23. The summed E-state index contributed by atoms with van der Waals surface area (Å²) >= 11 is 0. The minimum atomic E-state index is -3.09. The maximum absolute atomic E-state index is 11.6. The molecule has 130 valence electrons. The second kappa shape index (κ2) is 8.69. The molecule has 22 heavy (non-hydrogen) atoms. The molecule has 0 aromatic heterocycles. The van der Waals surface area contributed by atoms with Gasteiger partial charge in [-0.3, -0.25) is 4.99 Å². The molecule has 0 aliphatic carbocycles. The highest BCUT2D eigenvalue weighted by molar-refractivity contribution is 7.89. The van der Waals surface area contributed by atoms with Crippen molar-refractivity contribution >= 4 is 16.0 Å². The van der Waals surface area contributed by atoms with Gasteiger partial charge >= 0.3 is 0 Å². The molecule has 1 fully saturated rings. The highest BCUT2D eigenvalue weighted by atomic mass is 32.2. The molecule has 7 nitrogen and oxygen atoms in total. The van der Waals surface area contributed by atoms with E-state index in [9.17, 15) is 8.42 Å². The Morgan fingerprint density at radius 3 is 2.68 bits per heavy atom. The predicted molar refractivity (Wildman–Crippen MR) is 89.7 cm³/mol. The lowest BCUT2D eigenvalue weighted by atomic mass is 10.0. The van der Waals surface area contributed by atoms with Gasteiger partial charge in [0.25, 0.3) is 0 Å². The Kier molecular flexibility index (Phi) is 7.58. The number of nitrogens with one attached hydrogen (secondary N) is 2. The molecule has 1 rings (SSSR count). The van der Waals surface area contributed by atoms with E-state index in [2.05, 4.69) is 22.5 Å². The van der Waals surface area contributed by atoms with Crippen LogP contribution in [0.3, 0.4) is 0 Å². The van der Waals surface area contributed by atoms with Crippen molar-refractivity contribution in [2.24, 2.45) is 4.99 Å². The molecule has 0 radical (unpaired) electrons. The van der Waals surface area contributed by atoms with Crippen LogP contribution in [0.15, 0.2) is 4.99 Å². The van der Waals surface area contributed by atoms with Crippen molar-refractivity contribution in [3.8, 4) is 0 Å². The number of nitrogens with zero attached hydrogens (tertiary/aromatic N) is 2. The van der Waals surface area contributed by atoms with Crippen LogP contribution in [0.25, 0.3) is 0 Å². The van der Waals surface area contributed by atoms with Crippen LogP contribution in [0.5, 0.6) is 0 Å². The summed E-state index contributed by atoms with van der Waals surface area (Å²) in [6.45, 7) is 6.47. The first kappa shape index (κ1) is 19.2. The summed E-state index contributed by atoms with van der Waals surface area (Å²) in [5.74, 6) is 0.858. The van der Waals surface area contributed by atoms with Crippen molar-refractivity contribution in [2.45, 2.75) is 38.7 Å². The van der Waals surface area contributed by atoms with Gasteiger partial charge in [-0.05, 0) is 33.1 Å². The van der Waals surface area contributed by atoms with Crippen molar-refractivity contribution in [2.75, 3.05) is 46.1 Å². The van der Waals surface area contributed by atoms with Crippen LogP contribution in [-0.2, 0) is 14.8 Å². The maximum atomic E-state index is 11.6. The predicted octanol–water partition coefficient (Wildman–Crippen LogP) is 0.392. The van der Waals surface area contributed by atoms with E-state index in [1.54, 1.807) is 21.0 Å². The first-order chi connectivity index (χ1) is 10.3. The van der Waals surface area contributed by atoms with Crippen molar-refractivity contribution < 1.29 is 13.2 Å². The Bertz CT molecular complexity index is 459. The molecule has 8 heteroatoms. The summed E-state index contributed by atoms with van der Waals surface area (Å²) in [6.07, 6.45) is 2.88. The topological polar surface area (TPSA) is 83.0 Å². The third-order valence-corrected chi connectivity index (χ3v) is 5.80. The van der Waals surface area contributed by atoms with E-state index < -0.39 is 10.0 Å². The molecule has 1 saturated heterocycles. The van der Waals surface area contributed by atoms with Crippen LogP contribution in [0, 0.1) is 0 Å². The molecule has 0 bridgehead atoms. The average Bonchev–Trinajstić information content (AvgIpc) is 2.93. The molecule has 0 aromatic carbocycles. The molecule has 0 saturated carbocycles. The lowest BCUT2D eigenvalue weighted by molar-refractivity contribution is 0.0243. The van der Waals surface area contributed by atoms with Gasteiger partial charge < -0.3 is 15.4 Å². The monoisotopic (exact) mass is 334 g/mol. The van der Waals surface area contributed by atoms with Gasteiger partial charge in [0.1, 0.15) is 0 Å². The van der Waals surface area contributed by atoms with Crippen LogP contribution in [0.4, 0.5) is 0 Å². The van der Waals surface area contributed by atoms with Crippen LogP contribution in [0.2, 0.25) is 0 Å². The SMILES string of the molecule is CCS(=O)(=O)N(C)CCCNC(=NC)NCC1(C)CCCO1. The second-order valence-corrected chi connectivity index (χ2v) is 8.19. The zero-order valence-electron chi connectivity index (χ0n) is 14.2. The van der Waals surface area contributed by atoms with E-state index in [-0.39, 0.29) is 11.4 Å². The van der Waals surface area contributed by atoms with Gasteiger partial charge in [0, 0.05) is 40.3 Å². The average molecular weight is 334 g/mol. The summed E-state index contributed by atoms with van der Waals surface area (Å²) in [5, 5.41) is 6.46. The summed E-state index contributed by atoms with van der Waals surface area (Å²) in [6, 6.07) is 0. The van der Waals surface area contributed by atoms with E-state index in [0.29, 0.717) is 13.1 Å². The second-order valence-electron chi connectivity index (χ2n) is 5.83. The Morgan fingerprint density at radius 1 is 1.41 bits per heavy atom. The maximum Gasteiger partial charge on any atom is 0.213 e. The van der Waals surface area contributed by atoms with Gasteiger partial charge in [-0.15, -0.1) is 0 Å². The molecule has 0 spiro atoms. The van der Waals surface area contributed by atoms with E-state index in [1.807, 2.05) is 0 Å². The fourth-order valence-corrected chi connectivity index (χ4v) is 3.18. The molecule has 1 aliphatic heterocycles. The van der Waals surface area contributed by atoms with Gasteiger partial charge in [0.2, 0.25) is 10.0 Å². The summed E-state index contributed by atoms with van der Waals surface area (Å²) in [4.78, 5) is 4.17. The summed E-state index contributed by atoms with van der Waals surface area (Å²) in [5.41, 5.74) is -0.118. The molecule has 0 aromatic rings. The van der Waals surface area contributed by atoms with Crippen LogP contribution in [-0.4, -0.2) is 70.4 Å². The normalized spacial score (nSPS) is 23.0. The zero-order chi connectivity index (χ0) is 16.6. The van der Waals surface area contributed by atoms with Crippen molar-refractivity contribution in [3.63, 3.8) is 0 Å². The Labute approximate surface area is 134 Å². The van der Waals surface area contributed by atoms with Gasteiger partial charge in [0.05, 0.1) is 11.4 Å². The third-order valence-electron chi connectivity index (χ3n) is 3.94. The molecule has 2 N–H and O–H groups in total. The number of sulfonamides is 1. The number of hydrogen-bond donors (Lipinski definition) is 2. The van der Waals surface area contributed by atoms with E-state index in [1.165, 1.54) is 4.31 Å². The summed E-state index contributed by atoms with van der Waals surface area (Å²) < 4.78 is 30.4. The molecule has 1 heterocycles. The first-order valence-electron chi connectivity index (χ1n) is 7.85. The minimum absolute atomic E-state index is 0.118. The largest absolute Gasteiger partial charge is 0.373 e. The molecular formula is C14H30N4O3S. The van der Waals surface area contributed by atoms with E-state index >= 15 is 0 Å². The fourth-order valence-electron chi connectivity index (χ4n) is 2.34. The van der Waals surface area contributed by atoms with Gasteiger partial charge in [-0.25, -0.2) is 12.7 Å². The molecule has 0 amide bonds. The molecular weight excluding hydrogens is 304 g/mol. The van der Waals surface area contributed by atoms with Gasteiger partial charge in [-0.2, -0.15) is 0 Å². The summed E-state index contributed by atoms with van der Waals surface area (Å²) in [7, 11) is 0.248. The number of aliphatic imine (C=N–C) groups is 1. The highest BCUT2D eigenvalue weighted by Gasteiger charge is 2.29. The number of guanidine groups is 1. The van der Waals surface area contributed by atoms with Crippen molar-refractivity contribution in [1.82, 2.24) is 14.9 Å². The van der Waals surface area contributed by atoms with E-state index in [0.717, 1.165) is 38.4 Å². The van der Waals surface area contributed by atoms with Crippen molar-refractivity contribution in [3.05, 3.63) is 0 Å². The number of rotatable bonds is 8. The van der Waals surface area contributed by atoms with Crippen LogP contribution >= 0.6 is 0 Å². The van der Waals surface area contributed by atoms with E-state index in [4.69, 9.17) is 4.74 Å². The third kappa shape index (κ3) is 6.10. The Morgan fingerprint density at radius 2 is 2.14 bits per heavy atom. The van der Waals surface area contributed by atoms with Crippen LogP contribution in [0.1, 0.15) is 33.1 Å². The smallest absolute Gasteiger partial charge is 0.213 e. The van der Waals surface area contributed by atoms with Gasteiger partial charge in [-0.1, -0.05) is 0 Å². The lowest BCUT2D eigenvalue weighted by Gasteiger charge is -2.24. The number of hydrogen-bond acceptors (Lipinski definition) is 4. The molecule has 1 atom stereocenters. The van der Waals surface area contributed by atoms with Crippen LogP contribution < -0.4 is 10.6 Å². The quantitative estimate of drug-likeness (QED) is 0.381. The number of ether oxygens (including phenoxy) is 1. The van der Waals surface area contributed by atoms with Crippen molar-refractivity contribution in [1.29, 1.82) is 0 Å². The first-order valence-corrected chi connectivity index (χ1v) is 9.46. The Balaban J connectivity index is 2.24.